The Labute approximate surface area is 176 Å². The number of hydrogen-bond donors (Lipinski definition) is 1. The smallest absolute Gasteiger partial charge is 0.416 e. The topological polar surface area (TPSA) is 55.6 Å². The Morgan fingerprint density at radius 3 is 2.55 bits per heavy atom. The van der Waals surface area contributed by atoms with E-state index in [0.717, 1.165) is 23.5 Å². The summed E-state index contributed by atoms with van der Waals surface area (Å²) < 4.78 is 46.0. The third kappa shape index (κ3) is 5.03. The zero-order valence-electron chi connectivity index (χ0n) is 16.3. The van der Waals surface area contributed by atoms with Crippen molar-refractivity contribution in [1.82, 2.24) is 14.7 Å². The van der Waals surface area contributed by atoms with Crippen molar-refractivity contribution in [2.75, 3.05) is 6.54 Å². The monoisotopic (exact) mass is 425 g/mol. The molecule has 0 aliphatic rings. The highest BCUT2D eigenvalue weighted by Crippen LogP contribution is 2.32. The number of ether oxygens (including phenoxy) is 1. The fraction of sp³-hybridized carbons (Fsp3) is 0.130. The minimum absolute atomic E-state index is 0.0410. The van der Waals surface area contributed by atoms with Crippen molar-refractivity contribution in [3.8, 4) is 11.5 Å². The molecule has 1 amide bonds. The van der Waals surface area contributed by atoms with Crippen LogP contribution in [0.15, 0.2) is 79.1 Å². The van der Waals surface area contributed by atoms with Crippen LogP contribution in [0.5, 0.6) is 11.5 Å². The molecule has 0 radical (unpaired) electrons. The van der Waals surface area contributed by atoms with Crippen molar-refractivity contribution in [1.29, 1.82) is 0 Å². The second-order valence-electron chi connectivity index (χ2n) is 6.86. The number of pyridine rings is 1. The average Bonchev–Trinajstić information content (AvgIpc) is 3.16. The van der Waals surface area contributed by atoms with Gasteiger partial charge in [0.1, 0.15) is 17.1 Å². The van der Waals surface area contributed by atoms with E-state index in [1.54, 1.807) is 18.2 Å². The van der Waals surface area contributed by atoms with Crippen LogP contribution in [0.4, 0.5) is 13.2 Å². The fourth-order valence-electron chi connectivity index (χ4n) is 3.09. The Kier molecular flexibility index (Phi) is 5.62. The van der Waals surface area contributed by atoms with Gasteiger partial charge in [-0.2, -0.15) is 13.2 Å². The fourth-order valence-corrected chi connectivity index (χ4v) is 3.09. The van der Waals surface area contributed by atoms with Crippen molar-refractivity contribution in [3.05, 3.63) is 95.9 Å². The molecule has 0 fully saturated rings. The van der Waals surface area contributed by atoms with Gasteiger partial charge in [-0.15, -0.1) is 0 Å². The van der Waals surface area contributed by atoms with Crippen LogP contribution in [0.25, 0.3) is 5.65 Å². The molecule has 5 nitrogen and oxygen atoms in total. The minimum atomic E-state index is -4.46. The first-order valence-corrected chi connectivity index (χ1v) is 9.54. The summed E-state index contributed by atoms with van der Waals surface area (Å²) in [5.74, 6) is 0.00446. The normalized spacial score (nSPS) is 11.5. The van der Waals surface area contributed by atoms with E-state index in [9.17, 15) is 18.0 Å². The van der Waals surface area contributed by atoms with Crippen LogP contribution >= 0.6 is 0 Å². The lowest BCUT2D eigenvalue weighted by atomic mass is 10.2. The van der Waals surface area contributed by atoms with Crippen molar-refractivity contribution in [2.24, 2.45) is 0 Å². The van der Waals surface area contributed by atoms with Crippen LogP contribution in [0.3, 0.4) is 0 Å². The summed E-state index contributed by atoms with van der Waals surface area (Å²) in [5, 5.41) is 2.82. The summed E-state index contributed by atoms with van der Waals surface area (Å²) in [7, 11) is 0. The quantitative estimate of drug-likeness (QED) is 0.467. The Bertz CT molecular complexity index is 1180. The molecule has 0 saturated carbocycles. The lowest BCUT2D eigenvalue weighted by Gasteiger charge is -2.11. The summed E-state index contributed by atoms with van der Waals surface area (Å²) in [6, 6.07) is 16.6. The van der Waals surface area contributed by atoms with E-state index in [1.807, 2.05) is 35.0 Å². The van der Waals surface area contributed by atoms with Gasteiger partial charge in [0.25, 0.3) is 5.91 Å². The summed E-state index contributed by atoms with van der Waals surface area (Å²) >= 11 is 0. The highest BCUT2D eigenvalue weighted by atomic mass is 19.4. The van der Waals surface area contributed by atoms with Gasteiger partial charge in [0.2, 0.25) is 0 Å². The predicted octanol–water partition coefficient (Wildman–Crippen LogP) is 5.12. The lowest BCUT2D eigenvalue weighted by Crippen LogP contribution is -2.25. The second-order valence-corrected chi connectivity index (χ2v) is 6.86. The van der Waals surface area contributed by atoms with Gasteiger partial charge in [-0.3, -0.25) is 4.79 Å². The van der Waals surface area contributed by atoms with Gasteiger partial charge in [0, 0.05) is 30.9 Å². The number of hydrogen-bond acceptors (Lipinski definition) is 3. The molecule has 2 aromatic carbocycles. The molecule has 4 aromatic rings. The zero-order chi connectivity index (χ0) is 21.8. The molecule has 0 bridgehead atoms. The molecule has 0 spiro atoms. The first-order chi connectivity index (χ1) is 14.9. The number of amides is 1. The SMILES string of the molecule is O=C(NCCc1cn2ccccc2n1)c1cccc(Oc2cccc(C(F)(F)F)c2)c1. The van der Waals surface area contributed by atoms with Crippen LogP contribution < -0.4 is 10.1 Å². The predicted molar refractivity (Wildman–Crippen MR) is 109 cm³/mol. The van der Waals surface area contributed by atoms with E-state index in [-0.39, 0.29) is 17.4 Å². The Morgan fingerprint density at radius 2 is 1.77 bits per heavy atom. The van der Waals surface area contributed by atoms with E-state index < -0.39 is 11.7 Å². The van der Waals surface area contributed by atoms with Crippen LogP contribution in [0.1, 0.15) is 21.6 Å². The third-order valence-corrected chi connectivity index (χ3v) is 4.57. The Morgan fingerprint density at radius 1 is 1.00 bits per heavy atom. The molecule has 8 heteroatoms. The standard InChI is InChI=1S/C23H18F3N3O2/c24-23(25,26)17-6-4-8-20(14-17)31-19-7-3-5-16(13-19)22(30)27-11-10-18-15-29-12-2-1-9-21(29)28-18/h1-9,12-15H,10-11H2,(H,27,30). The van der Waals surface area contributed by atoms with Gasteiger partial charge in [-0.05, 0) is 48.5 Å². The lowest BCUT2D eigenvalue weighted by molar-refractivity contribution is -0.137. The maximum absolute atomic E-state index is 12.9. The number of nitrogens with zero attached hydrogens (tertiary/aromatic N) is 2. The van der Waals surface area contributed by atoms with Gasteiger partial charge in [-0.25, -0.2) is 4.98 Å². The molecule has 0 aliphatic carbocycles. The average molecular weight is 425 g/mol. The molecular formula is C23H18F3N3O2. The molecule has 0 saturated heterocycles. The van der Waals surface area contributed by atoms with E-state index >= 15 is 0 Å². The van der Waals surface area contributed by atoms with E-state index in [0.29, 0.717) is 18.5 Å². The molecule has 2 aromatic heterocycles. The number of benzene rings is 2. The number of imidazole rings is 1. The van der Waals surface area contributed by atoms with Crippen LogP contribution in [-0.2, 0) is 12.6 Å². The number of halogens is 3. The number of nitrogens with one attached hydrogen (secondary N) is 1. The molecule has 2 heterocycles. The molecule has 158 valence electrons. The summed E-state index contributed by atoms with van der Waals surface area (Å²) in [6.45, 7) is 0.390. The van der Waals surface area contributed by atoms with E-state index in [4.69, 9.17) is 4.74 Å². The number of rotatable bonds is 6. The largest absolute Gasteiger partial charge is 0.457 e. The number of aromatic nitrogens is 2. The Hall–Kier alpha value is -3.81. The van der Waals surface area contributed by atoms with Crippen molar-refractivity contribution < 1.29 is 22.7 Å². The zero-order valence-corrected chi connectivity index (χ0v) is 16.3. The molecular weight excluding hydrogens is 407 g/mol. The van der Waals surface area contributed by atoms with Crippen LogP contribution in [0.2, 0.25) is 0 Å². The molecule has 0 atom stereocenters. The van der Waals surface area contributed by atoms with Gasteiger partial charge in [0.05, 0.1) is 11.3 Å². The number of fused-ring (bicyclic) bond motifs is 1. The Balaban J connectivity index is 1.37. The first kappa shape index (κ1) is 20.5. The van der Waals surface area contributed by atoms with Crippen molar-refractivity contribution in [2.45, 2.75) is 12.6 Å². The number of carbonyl (C=O) groups is 1. The number of alkyl halides is 3. The highest BCUT2D eigenvalue weighted by Gasteiger charge is 2.30. The van der Waals surface area contributed by atoms with Crippen molar-refractivity contribution >= 4 is 11.6 Å². The summed E-state index contributed by atoms with van der Waals surface area (Å²) in [6.07, 6.45) is -0.0821. The summed E-state index contributed by atoms with van der Waals surface area (Å²) in [4.78, 5) is 16.9. The maximum atomic E-state index is 12.9. The van der Waals surface area contributed by atoms with Gasteiger partial charge >= 0.3 is 6.18 Å². The van der Waals surface area contributed by atoms with E-state index in [2.05, 4.69) is 10.3 Å². The second kappa shape index (κ2) is 8.51. The molecule has 1 N–H and O–H groups in total. The van der Waals surface area contributed by atoms with Crippen LogP contribution in [0, 0.1) is 0 Å². The van der Waals surface area contributed by atoms with Crippen LogP contribution in [-0.4, -0.2) is 21.8 Å². The molecule has 4 rings (SSSR count). The minimum Gasteiger partial charge on any atom is -0.457 e. The van der Waals surface area contributed by atoms with Gasteiger partial charge < -0.3 is 14.5 Å². The first-order valence-electron chi connectivity index (χ1n) is 9.54. The summed E-state index contributed by atoms with van der Waals surface area (Å²) in [5.41, 5.74) is 1.24. The van der Waals surface area contributed by atoms with Gasteiger partial charge in [0.15, 0.2) is 0 Å². The van der Waals surface area contributed by atoms with E-state index in [1.165, 1.54) is 18.2 Å². The molecule has 0 unspecified atom stereocenters. The number of carbonyl (C=O) groups excluding carboxylic acids is 1. The highest BCUT2D eigenvalue weighted by molar-refractivity contribution is 5.94. The molecule has 31 heavy (non-hydrogen) atoms. The maximum Gasteiger partial charge on any atom is 0.416 e. The van der Waals surface area contributed by atoms with Crippen molar-refractivity contribution in [3.63, 3.8) is 0 Å². The van der Waals surface area contributed by atoms with Gasteiger partial charge in [-0.1, -0.05) is 18.2 Å². The third-order valence-electron chi connectivity index (χ3n) is 4.57. The molecule has 0 aliphatic heterocycles.